The summed E-state index contributed by atoms with van der Waals surface area (Å²) in [6, 6.07) is 10.6. The maximum Gasteiger partial charge on any atom is 0.255 e. The number of hydrogen-bond donors (Lipinski definition) is 1. The number of aromatic amines is 1. The van der Waals surface area contributed by atoms with Crippen molar-refractivity contribution in [3.05, 3.63) is 57.5 Å². The Kier molecular flexibility index (Phi) is 6.45. The summed E-state index contributed by atoms with van der Waals surface area (Å²) in [4.78, 5) is 24.8. The molecule has 0 atom stereocenters. The molecule has 5 heteroatoms. The van der Waals surface area contributed by atoms with Gasteiger partial charge in [-0.15, -0.1) is 0 Å². The van der Waals surface area contributed by atoms with Crippen LogP contribution in [0.25, 0.3) is 0 Å². The molecule has 0 aliphatic carbocycles. The monoisotopic (exact) mass is 354 g/mol. The normalized spacial score (nSPS) is 15.4. The maximum absolute atomic E-state index is 12.5. The largest absolute Gasteiger partial charge is 0.340 e. The fourth-order valence-electron chi connectivity index (χ4n) is 3.55. The zero-order valence-corrected chi connectivity index (χ0v) is 16.0. The molecule has 1 aliphatic rings. The fourth-order valence-corrected chi connectivity index (χ4v) is 3.55. The number of piperazine rings is 1. The molecule has 26 heavy (non-hydrogen) atoms. The number of aromatic nitrogens is 2. The van der Waals surface area contributed by atoms with Crippen LogP contribution in [0.1, 0.15) is 43.0 Å². The van der Waals surface area contributed by atoms with Gasteiger partial charge in [-0.2, -0.15) is 0 Å². The average Bonchev–Trinajstić information content (AvgIpc) is 2.65. The molecule has 140 valence electrons. The van der Waals surface area contributed by atoms with E-state index in [0.29, 0.717) is 0 Å². The lowest BCUT2D eigenvalue weighted by Gasteiger charge is -2.35. The van der Waals surface area contributed by atoms with Crippen LogP contribution < -0.4 is 10.5 Å². The van der Waals surface area contributed by atoms with Gasteiger partial charge in [0.25, 0.3) is 5.56 Å². The fraction of sp³-hybridized carbons (Fsp3) is 0.524. The highest BCUT2D eigenvalue weighted by Crippen LogP contribution is 2.14. The van der Waals surface area contributed by atoms with E-state index in [2.05, 4.69) is 52.0 Å². The Labute approximate surface area is 156 Å². The second-order valence-corrected chi connectivity index (χ2v) is 7.16. The summed E-state index contributed by atoms with van der Waals surface area (Å²) in [7, 11) is 0. The first kappa shape index (κ1) is 18.6. The van der Waals surface area contributed by atoms with Crippen molar-refractivity contribution in [2.24, 2.45) is 0 Å². The molecule has 0 spiro atoms. The maximum atomic E-state index is 12.5. The molecule has 1 aromatic carbocycles. The summed E-state index contributed by atoms with van der Waals surface area (Å²) in [5.74, 6) is 0.728. The molecule has 0 radical (unpaired) electrons. The molecule has 1 fully saturated rings. The Balaban J connectivity index is 1.59. The molecule has 1 saturated heterocycles. The third kappa shape index (κ3) is 4.73. The Morgan fingerprint density at radius 3 is 2.46 bits per heavy atom. The molecule has 1 aliphatic heterocycles. The zero-order chi connectivity index (χ0) is 18.4. The van der Waals surface area contributed by atoms with Crippen molar-refractivity contribution in [2.45, 2.75) is 46.1 Å². The van der Waals surface area contributed by atoms with Gasteiger partial charge in [0.15, 0.2) is 0 Å². The van der Waals surface area contributed by atoms with Crippen LogP contribution in [0.2, 0.25) is 0 Å². The second kappa shape index (κ2) is 8.99. The third-order valence-corrected chi connectivity index (χ3v) is 5.16. The van der Waals surface area contributed by atoms with Gasteiger partial charge in [-0.25, -0.2) is 4.98 Å². The van der Waals surface area contributed by atoms with Gasteiger partial charge in [-0.1, -0.05) is 50.1 Å². The number of nitrogens with one attached hydrogen (secondary N) is 1. The summed E-state index contributed by atoms with van der Waals surface area (Å²) in [5.41, 5.74) is 3.12. The van der Waals surface area contributed by atoms with Crippen LogP contribution in [0, 0.1) is 6.92 Å². The van der Waals surface area contributed by atoms with E-state index in [4.69, 9.17) is 4.98 Å². The molecule has 0 saturated carbocycles. The van der Waals surface area contributed by atoms with Crippen molar-refractivity contribution < 1.29 is 0 Å². The molecule has 2 heterocycles. The van der Waals surface area contributed by atoms with E-state index in [1.54, 1.807) is 0 Å². The van der Waals surface area contributed by atoms with Gasteiger partial charge >= 0.3 is 0 Å². The number of anilines is 1. The van der Waals surface area contributed by atoms with Gasteiger partial charge in [0, 0.05) is 44.0 Å². The van der Waals surface area contributed by atoms with Crippen LogP contribution in [-0.2, 0) is 13.0 Å². The van der Waals surface area contributed by atoms with E-state index >= 15 is 0 Å². The number of aryl methyl sites for hydroxylation is 1. The Morgan fingerprint density at radius 2 is 1.81 bits per heavy atom. The molecular formula is C21H30N4O. The molecule has 3 rings (SSSR count). The molecular weight excluding hydrogens is 324 g/mol. The van der Waals surface area contributed by atoms with Gasteiger partial charge in [0.05, 0.1) is 0 Å². The van der Waals surface area contributed by atoms with Crippen LogP contribution in [-0.4, -0.2) is 41.0 Å². The quantitative estimate of drug-likeness (QED) is 0.776. The van der Waals surface area contributed by atoms with E-state index < -0.39 is 0 Å². The minimum atomic E-state index is 0.0373. The highest BCUT2D eigenvalue weighted by Gasteiger charge is 2.20. The number of H-pyrrole nitrogens is 1. The SMILES string of the molecule is CCCCCc1c(C)nc(N2CCN(Cc3ccccc3)CC2)[nH]c1=O. The average molecular weight is 354 g/mol. The molecule has 5 nitrogen and oxygen atoms in total. The van der Waals surface area contributed by atoms with Gasteiger partial charge in [0.1, 0.15) is 0 Å². The third-order valence-electron chi connectivity index (χ3n) is 5.16. The Morgan fingerprint density at radius 1 is 1.08 bits per heavy atom. The predicted molar refractivity (Wildman–Crippen MR) is 107 cm³/mol. The molecule has 0 bridgehead atoms. The number of benzene rings is 1. The topological polar surface area (TPSA) is 52.2 Å². The van der Waals surface area contributed by atoms with Crippen LogP contribution in [0.3, 0.4) is 0 Å². The first-order valence-electron chi connectivity index (χ1n) is 9.78. The highest BCUT2D eigenvalue weighted by atomic mass is 16.1. The Bertz CT molecular complexity index is 748. The zero-order valence-electron chi connectivity index (χ0n) is 16.0. The van der Waals surface area contributed by atoms with Crippen LogP contribution in [0.5, 0.6) is 0 Å². The lowest BCUT2D eigenvalue weighted by Crippen LogP contribution is -2.47. The van der Waals surface area contributed by atoms with E-state index in [0.717, 1.165) is 75.6 Å². The van der Waals surface area contributed by atoms with Crippen molar-refractivity contribution in [1.29, 1.82) is 0 Å². The van der Waals surface area contributed by atoms with Gasteiger partial charge < -0.3 is 4.90 Å². The van der Waals surface area contributed by atoms with Crippen molar-refractivity contribution in [3.8, 4) is 0 Å². The number of rotatable bonds is 7. The van der Waals surface area contributed by atoms with E-state index in [1.807, 2.05) is 6.92 Å². The number of hydrogen-bond acceptors (Lipinski definition) is 4. The first-order chi connectivity index (χ1) is 12.7. The van der Waals surface area contributed by atoms with Crippen molar-refractivity contribution in [2.75, 3.05) is 31.1 Å². The van der Waals surface area contributed by atoms with E-state index in [9.17, 15) is 4.79 Å². The van der Waals surface area contributed by atoms with Gasteiger partial charge in [-0.3, -0.25) is 14.7 Å². The summed E-state index contributed by atoms with van der Waals surface area (Å²) in [6.45, 7) is 8.87. The van der Waals surface area contributed by atoms with Crippen LogP contribution >= 0.6 is 0 Å². The molecule has 2 aromatic rings. The smallest absolute Gasteiger partial charge is 0.255 e. The van der Waals surface area contributed by atoms with E-state index in [1.165, 1.54) is 5.56 Å². The Hall–Kier alpha value is -2.14. The van der Waals surface area contributed by atoms with Gasteiger partial charge in [0.2, 0.25) is 5.95 Å². The lowest BCUT2D eigenvalue weighted by molar-refractivity contribution is 0.248. The minimum Gasteiger partial charge on any atom is -0.340 e. The molecule has 1 N–H and O–H groups in total. The van der Waals surface area contributed by atoms with Crippen molar-refractivity contribution in [3.63, 3.8) is 0 Å². The lowest BCUT2D eigenvalue weighted by atomic mass is 10.1. The summed E-state index contributed by atoms with van der Waals surface area (Å²) >= 11 is 0. The second-order valence-electron chi connectivity index (χ2n) is 7.16. The summed E-state index contributed by atoms with van der Waals surface area (Å²) in [5, 5.41) is 0. The minimum absolute atomic E-state index is 0.0373. The molecule has 1 aromatic heterocycles. The first-order valence-corrected chi connectivity index (χ1v) is 9.78. The summed E-state index contributed by atoms with van der Waals surface area (Å²) in [6.07, 6.45) is 4.20. The van der Waals surface area contributed by atoms with Crippen molar-refractivity contribution >= 4 is 5.95 Å². The molecule has 0 amide bonds. The van der Waals surface area contributed by atoms with Crippen LogP contribution in [0.15, 0.2) is 35.1 Å². The van der Waals surface area contributed by atoms with Gasteiger partial charge in [-0.05, 0) is 25.3 Å². The van der Waals surface area contributed by atoms with E-state index in [-0.39, 0.29) is 5.56 Å². The van der Waals surface area contributed by atoms with Crippen molar-refractivity contribution in [1.82, 2.24) is 14.9 Å². The number of nitrogens with zero attached hydrogens (tertiary/aromatic N) is 3. The summed E-state index contributed by atoms with van der Waals surface area (Å²) < 4.78 is 0. The predicted octanol–water partition coefficient (Wildman–Crippen LogP) is 3.13. The standard InChI is InChI=1S/C21H30N4O/c1-3-4-6-11-19-17(2)22-21(23-20(19)26)25-14-12-24(13-15-25)16-18-9-7-5-8-10-18/h5,7-10H,3-4,6,11-16H2,1-2H3,(H,22,23,26). The number of unbranched alkanes of at least 4 members (excludes halogenated alkanes) is 2. The highest BCUT2D eigenvalue weighted by molar-refractivity contribution is 5.34. The molecule has 0 unspecified atom stereocenters. The van der Waals surface area contributed by atoms with Crippen LogP contribution in [0.4, 0.5) is 5.95 Å².